The number of anilines is 3. The Balaban J connectivity index is 1.00. The summed E-state index contributed by atoms with van der Waals surface area (Å²) in [6.07, 6.45) is 6.64. The molecule has 1 amide bonds. The van der Waals surface area contributed by atoms with Crippen molar-refractivity contribution in [2.75, 3.05) is 67.9 Å². The topological polar surface area (TPSA) is 175 Å². The van der Waals surface area contributed by atoms with Gasteiger partial charge in [-0.05, 0) is 109 Å². The number of carbonyl (C=O) groups excluding carboxylic acids is 1. The van der Waals surface area contributed by atoms with Crippen molar-refractivity contribution in [2.45, 2.75) is 50.8 Å². The maximum Gasteiger partial charge on any atom is 0.268 e. The fourth-order valence-corrected chi connectivity index (χ4v) is 9.50. The number of hydrogen-bond acceptors (Lipinski definition) is 12. The van der Waals surface area contributed by atoms with Crippen molar-refractivity contribution in [3.05, 3.63) is 112 Å². The molecule has 322 valence electrons. The molecule has 2 saturated heterocycles. The molecule has 0 radical (unpaired) electrons. The largest absolute Gasteiger partial charge is 0.733 e. The zero-order valence-corrected chi connectivity index (χ0v) is 35.9. The molecule has 4 heterocycles. The first-order chi connectivity index (χ1) is 29.3. The Kier molecular flexibility index (Phi) is 12.6. The lowest BCUT2D eigenvalue weighted by molar-refractivity contribution is 0.0699. The second-order valence-corrected chi connectivity index (χ2v) is 19.0. The van der Waals surface area contributed by atoms with Crippen LogP contribution >= 0.6 is 11.6 Å². The molecular weight excluding hydrogens is 818 g/mol. The Labute approximate surface area is 361 Å². The lowest BCUT2D eigenvalue weighted by Gasteiger charge is -2.39. The van der Waals surface area contributed by atoms with Crippen LogP contribution in [-0.2, 0) is 14.8 Å². The fourth-order valence-electron chi connectivity index (χ4n) is 8.39. The molecule has 16 heteroatoms. The fraction of sp³-hybridized carbons (Fsp3) is 0.378. The maximum absolute atomic E-state index is 13.9. The van der Waals surface area contributed by atoms with Crippen LogP contribution in [0.5, 0.6) is 11.6 Å². The third kappa shape index (κ3) is 10.1. The predicted molar refractivity (Wildman–Crippen MR) is 238 cm³/mol. The Morgan fingerprint density at radius 3 is 2.56 bits per heavy atom. The normalized spacial score (nSPS) is 17.7. The Hall–Kier alpha value is -5.16. The number of allylic oxidation sites excluding steroid dienone is 1. The number of pyridine rings is 1. The van der Waals surface area contributed by atoms with Gasteiger partial charge in [0.2, 0.25) is 5.88 Å². The van der Waals surface area contributed by atoms with E-state index in [-0.39, 0.29) is 38.9 Å². The molecule has 8 rings (SSSR count). The van der Waals surface area contributed by atoms with Crippen molar-refractivity contribution in [3.63, 3.8) is 0 Å². The monoisotopic (exact) mass is 868 g/mol. The number of aromatic nitrogens is 2. The van der Waals surface area contributed by atoms with Gasteiger partial charge >= 0.3 is 0 Å². The number of aromatic amines is 1. The van der Waals surface area contributed by atoms with Gasteiger partial charge in [-0.3, -0.25) is 14.9 Å². The Morgan fingerprint density at radius 2 is 1.80 bits per heavy atom. The van der Waals surface area contributed by atoms with Gasteiger partial charge in [-0.15, -0.1) is 0 Å². The number of halogens is 1. The molecule has 3 aliphatic rings. The van der Waals surface area contributed by atoms with Crippen LogP contribution < -0.4 is 24.9 Å². The highest BCUT2D eigenvalue weighted by Gasteiger charge is 2.30. The third-order valence-corrected chi connectivity index (χ3v) is 13.6. The second-order valence-electron chi connectivity index (χ2n) is 16.9. The number of H-pyrrole nitrogens is 1. The number of carbonyl (C=O) groups is 1. The molecule has 0 bridgehead atoms. The molecule has 4 N–H and O–H groups in total. The van der Waals surface area contributed by atoms with Crippen LogP contribution in [0.3, 0.4) is 0 Å². The number of nitrogens with one attached hydrogen (secondary N) is 3. The third-order valence-electron chi connectivity index (χ3n) is 12.0. The Bertz CT molecular complexity index is 2510. The molecule has 1 aliphatic carbocycles. The van der Waals surface area contributed by atoms with E-state index in [1.54, 1.807) is 30.5 Å². The molecule has 2 aromatic heterocycles. The quantitative estimate of drug-likeness (QED) is 0.0833. The van der Waals surface area contributed by atoms with Crippen LogP contribution in [0.15, 0.2) is 95.5 Å². The highest BCUT2D eigenvalue weighted by molar-refractivity contribution is 7.90. The average Bonchev–Trinajstić information content (AvgIpc) is 3.72. The zero-order chi connectivity index (χ0) is 42.7. The van der Waals surface area contributed by atoms with E-state index in [0.717, 1.165) is 87.0 Å². The molecule has 14 nitrogen and oxygen atoms in total. The van der Waals surface area contributed by atoms with Crippen molar-refractivity contribution in [3.8, 4) is 11.6 Å². The minimum Gasteiger partial charge on any atom is -0.733 e. The maximum atomic E-state index is 13.9. The lowest BCUT2D eigenvalue weighted by atomic mass is 9.72. The van der Waals surface area contributed by atoms with Crippen LogP contribution in [-0.4, -0.2) is 86.9 Å². The minimum absolute atomic E-state index is 0.0381. The number of rotatable bonds is 13. The van der Waals surface area contributed by atoms with Gasteiger partial charge in [-0.2, -0.15) is 4.98 Å². The van der Waals surface area contributed by atoms with E-state index in [1.165, 1.54) is 28.8 Å². The van der Waals surface area contributed by atoms with E-state index in [4.69, 9.17) is 21.1 Å². The van der Waals surface area contributed by atoms with Crippen molar-refractivity contribution in [1.29, 1.82) is 0 Å². The lowest BCUT2D eigenvalue weighted by Crippen LogP contribution is -2.47. The molecule has 2 fully saturated rings. The number of hydrogen-bond donors (Lipinski definition) is 4. The molecule has 61 heavy (non-hydrogen) atoms. The number of fused-ring (bicyclic) bond motifs is 1. The summed E-state index contributed by atoms with van der Waals surface area (Å²) in [5, 5.41) is 26.5. The van der Waals surface area contributed by atoms with E-state index < -0.39 is 21.2 Å². The highest BCUT2D eigenvalue weighted by Crippen LogP contribution is 2.43. The minimum atomic E-state index is -4.53. The molecule has 3 aromatic carbocycles. The number of ether oxygens (including phenoxy) is 2. The summed E-state index contributed by atoms with van der Waals surface area (Å²) in [6, 6.07) is 22.3. The molecule has 5 aromatic rings. The highest BCUT2D eigenvalue weighted by atomic mass is 35.5. The summed E-state index contributed by atoms with van der Waals surface area (Å²) in [5.41, 5.74) is 5.65. The first-order valence-electron chi connectivity index (χ1n) is 20.7. The van der Waals surface area contributed by atoms with E-state index in [2.05, 4.69) is 55.8 Å². The zero-order valence-electron chi connectivity index (χ0n) is 34.3. The number of nitrogens with zero attached hydrogens (tertiary/aromatic N) is 4. The molecule has 0 unspecified atom stereocenters. The van der Waals surface area contributed by atoms with Gasteiger partial charge in [-0.25, -0.2) is 13.1 Å². The predicted octanol–water partition coefficient (Wildman–Crippen LogP) is 8.45. The summed E-state index contributed by atoms with van der Waals surface area (Å²) in [5.74, 6) is -0.328. The summed E-state index contributed by atoms with van der Waals surface area (Å²) >= 11 is 6.24. The van der Waals surface area contributed by atoms with Crippen molar-refractivity contribution >= 4 is 61.2 Å². The van der Waals surface area contributed by atoms with Crippen LogP contribution in [0.4, 0.5) is 17.1 Å². The van der Waals surface area contributed by atoms with E-state index in [9.17, 15) is 23.6 Å². The summed E-state index contributed by atoms with van der Waals surface area (Å²) in [6.45, 7) is 10.4. The van der Waals surface area contributed by atoms with E-state index >= 15 is 0 Å². The van der Waals surface area contributed by atoms with E-state index in [1.807, 2.05) is 24.3 Å². The van der Waals surface area contributed by atoms with Gasteiger partial charge in [0.25, 0.3) is 15.9 Å². The summed E-state index contributed by atoms with van der Waals surface area (Å²) < 4.78 is 41.2. The van der Waals surface area contributed by atoms with Crippen LogP contribution in [0.2, 0.25) is 5.02 Å². The van der Waals surface area contributed by atoms with Gasteiger partial charge in [0, 0.05) is 86.9 Å². The standard InChI is InChI=1S/C45H51ClN7O7S/c1-45(2)17-13-33(38(27-45)31-3-6-34(46)7-4-31)29-51-19-21-52(22-20-51)35-8-10-37(41(25-35)60-42-12-5-32-14-18-47-43(32)49-42)44(54)50-61(57,58)36-9-11-39(40(26-36)53(55)56)48-28-30-15-23-59-24-16-30/h3-12,14,18,25-26,30,48,55H,13,15-17,19-24,27-29H2,1-2H3,(H,47,49)(H,50,54)/q-1. The molecule has 0 atom stereocenters. The number of sulfonamides is 1. The van der Waals surface area contributed by atoms with Crippen LogP contribution in [0.25, 0.3) is 16.6 Å². The van der Waals surface area contributed by atoms with Gasteiger partial charge in [0.15, 0.2) is 0 Å². The van der Waals surface area contributed by atoms with Crippen molar-refractivity contribution in [1.82, 2.24) is 19.6 Å². The average molecular weight is 869 g/mol. The first kappa shape index (κ1) is 42.5. The van der Waals surface area contributed by atoms with Crippen molar-refractivity contribution in [2.24, 2.45) is 11.3 Å². The summed E-state index contributed by atoms with van der Waals surface area (Å²) in [7, 11) is -4.53. The van der Waals surface area contributed by atoms with Crippen LogP contribution in [0, 0.1) is 16.5 Å². The Morgan fingerprint density at radius 1 is 1.03 bits per heavy atom. The van der Waals surface area contributed by atoms with Crippen LogP contribution in [0.1, 0.15) is 61.9 Å². The number of benzene rings is 3. The molecule has 0 saturated carbocycles. The van der Waals surface area contributed by atoms with Gasteiger partial charge in [0.05, 0.1) is 21.8 Å². The molecule has 2 aliphatic heterocycles. The van der Waals surface area contributed by atoms with Gasteiger partial charge in [0.1, 0.15) is 11.4 Å². The second kappa shape index (κ2) is 18.1. The van der Waals surface area contributed by atoms with Gasteiger partial charge in [-0.1, -0.05) is 43.2 Å². The number of amides is 1. The van der Waals surface area contributed by atoms with E-state index in [0.29, 0.717) is 31.3 Å². The summed E-state index contributed by atoms with van der Waals surface area (Å²) in [4.78, 5) is 25.9. The van der Waals surface area contributed by atoms with Crippen molar-refractivity contribution < 1.29 is 27.9 Å². The molecule has 0 spiro atoms. The smallest absolute Gasteiger partial charge is 0.268 e. The first-order valence-corrected chi connectivity index (χ1v) is 22.6. The number of piperazine rings is 1. The molecular formula is C45H51ClN7O7S-. The SMILES string of the molecule is CC1(C)CCC(CN2CCN(c3ccc(C(=O)NS(=O)(=O)c4ccc(NCC5CCOCC5)c(N([O-])O)c4)c(Oc4ccc5cc[nH]c5n4)c3)CC2)=C(c2ccc(Cl)cc2)C1. The van der Waals surface area contributed by atoms with Gasteiger partial charge < -0.3 is 35.1 Å².